The van der Waals surface area contributed by atoms with Gasteiger partial charge >= 0.3 is 0 Å². The lowest BCUT2D eigenvalue weighted by Crippen LogP contribution is -2.11. The minimum atomic E-state index is 0.797. The summed E-state index contributed by atoms with van der Waals surface area (Å²) in [7, 11) is 0. The molecule has 8 aromatic carbocycles. The fourth-order valence-corrected chi connectivity index (χ4v) is 8.16. The molecule has 10 aromatic rings. The normalized spacial score (nSPS) is 12.1. The molecule has 56 heavy (non-hydrogen) atoms. The maximum absolute atomic E-state index is 6.99. The van der Waals surface area contributed by atoms with Crippen molar-refractivity contribution in [3.63, 3.8) is 0 Å². The highest BCUT2D eigenvalue weighted by molar-refractivity contribution is 6.32. The third-order valence-corrected chi connectivity index (χ3v) is 10.8. The molecule has 0 fully saturated rings. The van der Waals surface area contributed by atoms with E-state index in [9.17, 15) is 0 Å². The first kappa shape index (κ1) is 33.2. The van der Waals surface area contributed by atoms with Gasteiger partial charge in [0, 0.05) is 39.0 Å². The fourth-order valence-electron chi connectivity index (χ4n) is 8.16. The van der Waals surface area contributed by atoms with E-state index in [1.54, 1.807) is 0 Å². The third kappa shape index (κ3) is 5.61. The standard InChI is InChI=1S/C53H37NO2/c1-3-5-16-35(4-2)40-31-41(37-19-10-7-11-20-37)33-43(32-40)54(42-28-25-38(26-29-42)36-17-8-6-9-18-36)46-34-49-52(51-45-23-14-15-24-47(45)56-53(46)51)50-44-22-13-12-21-39(44)27-30-48(50)55-49/h3-34H,1H2,2H3/b16-5-,35-4+. The quantitative estimate of drug-likeness (QED) is 0.146. The van der Waals surface area contributed by atoms with Gasteiger partial charge in [0.25, 0.3) is 0 Å². The lowest BCUT2D eigenvalue weighted by atomic mass is 9.96. The van der Waals surface area contributed by atoms with Crippen molar-refractivity contribution in [2.75, 3.05) is 4.90 Å². The smallest absolute Gasteiger partial charge is 0.160 e. The number of rotatable bonds is 8. The van der Waals surface area contributed by atoms with Crippen LogP contribution >= 0.6 is 0 Å². The zero-order valence-electron chi connectivity index (χ0n) is 30.9. The van der Waals surface area contributed by atoms with Crippen LogP contribution in [0.3, 0.4) is 0 Å². The van der Waals surface area contributed by atoms with E-state index in [1.807, 2.05) is 18.2 Å². The average molecular weight is 720 g/mol. The lowest BCUT2D eigenvalue weighted by molar-refractivity contribution is 0.663. The highest BCUT2D eigenvalue weighted by atomic mass is 16.3. The van der Waals surface area contributed by atoms with Gasteiger partial charge in [-0.25, -0.2) is 0 Å². The molecule has 3 nitrogen and oxygen atoms in total. The molecule has 0 radical (unpaired) electrons. The second kappa shape index (κ2) is 13.8. The maximum Gasteiger partial charge on any atom is 0.160 e. The molecular weight excluding hydrogens is 683 g/mol. The summed E-state index contributed by atoms with van der Waals surface area (Å²) in [5.74, 6) is 0. The molecule has 0 aliphatic rings. The Morgan fingerprint density at radius 1 is 0.518 bits per heavy atom. The minimum Gasteiger partial charge on any atom is -0.456 e. The molecule has 10 rings (SSSR count). The van der Waals surface area contributed by atoms with Crippen LogP contribution in [0, 0.1) is 0 Å². The first-order chi connectivity index (χ1) is 27.7. The van der Waals surface area contributed by atoms with Crippen LogP contribution in [-0.2, 0) is 0 Å². The fraction of sp³-hybridized carbons (Fsp3) is 0.0189. The molecule has 0 aliphatic heterocycles. The van der Waals surface area contributed by atoms with Crippen LogP contribution in [0.4, 0.5) is 17.1 Å². The van der Waals surface area contributed by atoms with Crippen molar-refractivity contribution in [1.29, 1.82) is 0 Å². The molecule has 0 aliphatic carbocycles. The van der Waals surface area contributed by atoms with Crippen molar-refractivity contribution in [2.45, 2.75) is 6.92 Å². The van der Waals surface area contributed by atoms with Crippen LogP contribution in [0.25, 0.3) is 82.5 Å². The molecule has 3 heteroatoms. The second-order valence-electron chi connectivity index (χ2n) is 14.1. The van der Waals surface area contributed by atoms with Gasteiger partial charge in [0.2, 0.25) is 0 Å². The van der Waals surface area contributed by atoms with Crippen molar-refractivity contribution in [2.24, 2.45) is 0 Å². The average Bonchev–Trinajstić information content (AvgIpc) is 3.84. The van der Waals surface area contributed by atoms with Gasteiger partial charge < -0.3 is 13.7 Å². The lowest BCUT2D eigenvalue weighted by Gasteiger charge is -2.27. The molecule has 0 spiro atoms. The molecular formula is C53H37NO2. The monoisotopic (exact) mass is 719 g/mol. The van der Waals surface area contributed by atoms with Crippen molar-refractivity contribution in [3.05, 3.63) is 206 Å². The van der Waals surface area contributed by atoms with E-state index in [2.05, 4.69) is 194 Å². The highest BCUT2D eigenvalue weighted by Crippen LogP contribution is 2.49. The number of fused-ring (bicyclic) bond motifs is 9. The summed E-state index contributed by atoms with van der Waals surface area (Å²) in [6.07, 6.45) is 8.06. The molecule has 2 aromatic heterocycles. The van der Waals surface area contributed by atoms with Crippen molar-refractivity contribution in [3.8, 4) is 22.3 Å². The minimum absolute atomic E-state index is 0.797. The molecule has 266 valence electrons. The summed E-state index contributed by atoms with van der Waals surface area (Å²) in [5, 5.41) is 6.57. The van der Waals surface area contributed by atoms with Gasteiger partial charge in [-0.05, 0) is 93.6 Å². The first-order valence-electron chi connectivity index (χ1n) is 19.0. The van der Waals surface area contributed by atoms with Gasteiger partial charge in [0.05, 0.1) is 5.69 Å². The van der Waals surface area contributed by atoms with Crippen LogP contribution in [-0.4, -0.2) is 0 Å². The van der Waals surface area contributed by atoms with Gasteiger partial charge in [0.1, 0.15) is 16.7 Å². The van der Waals surface area contributed by atoms with Gasteiger partial charge in [0.15, 0.2) is 5.58 Å². The Morgan fingerprint density at radius 3 is 1.95 bits per heavy atom. The Kier molecular flexibility index (Phi) is 8.19. The van der Waals surface area contributed by atoms with Crippen molar-refractivity contribution >= 4 is 77.3 Å². The van der Waals surface area contributed by atoms with E-state index in [0.717, 1.165) is 94.2 Å². The van der Waals surface area contributed by atoms with E-state index in [-0.39, 0.29) is 0 Å². The SMILES string of the molecule is C=C/C=C\C(=C/C)c1cc(-c2ccccc2)cc(N(c2ccc(-c3ccccc3)cc2)c2cc3oc4ccc5ccccc5c4c3c3c2oc2ccccc23)c1. The summed E-state index contributed by atoms with van der Waals surface area (Å²) in [6.45, 7) is 6.02. The molecule has 0 unspecified atom stereocenters. The zero-order chi connectivity index (χ0) is 37.6. The van der Waals surface area contributed by atoms with Gasteiger partial charge in [-0.15, -0.1) is 0 Å². The Balaban J connectivity index is 1.31. The maximum atomic E-state index is 6.99. The second-order valence-corrected chi connectivity index (χ2v) is 14.1. The van der Waals surface area contributed by atoms with E-state index >= 15 is 0 Å². The highest BCUT2D eigenvalue weighted by Gasteiger charge is 2.26. The molecule has 0 saturated carbocycles. The van der Waals surface area contributed by atoms with Crippen LogP contribution in [0.15, 0.2) is 210 Å². The first-order valence-corrected chi connectivity index (χ1v) is 19.0. The van der Waals surface area contributed by atoms with Crippen molar-refractivity contribution in [1.82, 2.24) is 0 Å². The van der Waals surface area contributed by atoms with Crippen LogP contribution in [0.1, 0.15) is 12.5 Å². The van der Waals surface area contributed by atoms with E-state index in [4.69, 9.17) is 8.83 Å². The molecule has 2 heterocycles. The van der Waals surface area contributed by atoms with Crippen molar-refractivity contribution < 1.29 is 8.83 Å². The number of nitrogens with zero attached hydrogens (tertiary/aromatic N) is 1. The summed E-state index contributed by atoms with van der Waals surface area (Å²) in [5.41, 5.74) is 12.9. The number of benzene rings is 8. The molecule has 0 bridgehead atoms. The number of anilines is 3. The Labute approximate surface area is 325 Å². The molecule has 0 N–H and O–H groups in total. The summed E-state index contributed by atoms with van der Waals surface area (Å²) >= 11 is 0. The zero-order valence-corrected chi connectivity index (χ0v) is 30.9. The topological polar surface area (TPSA) is 29.5 Å². The molecule has 0 atom stereocenters. The summed E-state index contributed by atoms with van der Waals surface area (Å²) in [6, 6.07) is 60.0. The van der Waals surface area contributed by atoms with E-state index < -0.39 is 0 Å². The largest absolute Gasteiger partial charge is 0.456 e. The van der Waals surface area contributed by atoms with E-state index in [0.29, 0.717) is 0 Å². The van der Waals surface area contributed by atoms with Crippen LogP contribution in [0.5, 0.6) is 0 Å². The third-order valence-electron chi connectivity index (χ3n) is 10.8. The van der Waals surface area contributed by atoms with Gasteiger partial charge in [-0.2, -0.15) is 0 Å². The number of hydrogen-bond donors (Lipinski definition) is 0. The van der Waals surface area contributed by atoms with Gasteiger partial charge in [-0.1, -0.05) is 152 Å². The predicted octanol–water partition coefficient (Wildman–Crippen LogP) is 15.6. The molecule has 0 saturated heterocycles. The number of hydrogen-bond acceptors (Lipinski definition) is 3. The Morgan fingerprint density at radius 2 is 1.20 bits per heavy atom. The van der Waals surface area contributed by atoms with Crippen LogP contribution in [0.2, 0.25) is 0 Å². The Bertz CT molecular complexity index is 3140. The number of para-hydroxylation sites is 1. The number of allylic oxidation sites excluding steroid dienone is 5. The summed E-state index contributed by atoms with van der Waals surface area (Å²) in [4.78, 5) is 2.32. The number of furan rings is 2. The Hall–Kier alpha value is -7.36. The predicted molar refractivity (Wildman–Crippen MR) is 237 cm³/mol. The van der Waals surface area contributed by atoms with Gasteiger partial charge in [-0.3, -0.25) is 0 Å². The molecule has 0 amide bonds. The summed E-state index contributed by atoms with van der Waals surface area (Å²) < 4.78 is 13.8. The van der Waals surface area contributed by atoms with E-state index in [1.165, 1.54) is 10.9 Å². The van der Waals surface area contributed by atoms with Crippen LogP contribution < -0.4 is 4.90 Å².